The van der Waals surface area contributed by atoms with Crippen LogP contribution in [0.5, 0.6) is 0 Å². The predicted molar refractivity (Wildman–Crippen MR) is 71.2 cm³/mol. The summed E-state index contributed by atoms with van der Waals surface area (Å²) in [7, 11) is 0. The number of benzene rings is 2. The van der Waals surface area contributed by atoms with Crippen LogP contribution in [0.2, 0.25) is 5.02 Å². The Morgan fingerprint density at radius 2 is 1.69 bits per heavy atom. The number of nitrogens with two attached hydrogens (primary N) is 1. The summed E-state index contributed by atoms with van der Waals surface area (Å²) in [4.78, 5) is 2.21. The van der Waals surface area contributed by atoms with Crippen molar-refractivity contribution in [2.24, 2.45) is 0 Å². The molecule has 0 radical (unpaired) electrons. The van der Waals surface area contributed by atoms with E-state index in [1.54, 1.807) is 17.8 Å². The van der Waals surface area contributed by atoms with Crippen molar-refractivity contribution in [2.45, 2.75) is 16.7 Å². The highest BCUT2D eigenvalue weighted by molar-refractivity contribution is 7.99. The lowest BCUT2D eigenvalue weighted by Crippen LogP contribution is -1.89. The molecule has 0 amide bonds. The van der Waals surface area contributed by atoms with Gasteiger partial charge in [-0.25, -0.2) is 0 Å². The Morgan fingerprint density at radius 1 is 1.00 bits per heavy atom. The van der Waals surface area contributed by atoms with Gasteiger partial charge in [0, 0.05) is 9.79 Å². The molecule has 0 atom stereocenters. The fourth-order valence-corrected chi connectivity index (χ4v) is 2.61. The SMILES string of the molecule is Cc1ccccc1Sc1cccc(Cl)c1N. The van der Waals surface area contributed by atoms with Gasteiger partial charge in [-0.2, -0.15) is 0 Å². The molecular formula is C13H12ClNS. The van der Waals surface area contributed by atoms with Crippen molar-refractivity contribution in [3.63, 3.8) is 0 Å². The summed E-state index contributed by atoms with van der Waals surface area (Å²) in [5, 5.41) is 0.610. The van der Waals surface area contributed by atoms with Crippen molar-refractivity contribution in [3.05, 3.63) is 53.1 Å². The molecule has 0 aliphatic heterocycles. The molecule has 2 N–H and O–H groups in total. The Balaban J connectivity index is 2.35. The van der Waals surface area contributed by atoms with E-state index >= 15 is 0 Å². The molecule has 0 aromatic heterocycles. The first-order valence-electron chi connectivity index (χ1n) is 4.96. The molecule has 3 heteroatoms. The lowest BCUT2D eigenvalue weighted by atomic mass is 10.2. The Hall–Kier alpha value is -1.12. The molecule has 0 unspecified atom stereocenters. The topological polar surface area (TPSA) is 26.0 Å². The second-order valence-corrected chi connectivity index (χ2v) is 5.01. The van der Waals surface area contributed by atoms with Gasteiger partial charge >= 0.3 is 0 Å². The monoisotopic (exact) mass is 249 g/mol. The molecule has 0 aliphatic rings. The summed E-state index contributed by atoms with van der Waals surface area (Å²) >= 11 is 7.63. The summed E-state index contributed by atoms with van der Waals surface area (Å²) in [5.74, 6) is 0. The van der Waals surface area contributed by atoms with Gasteiger partial charge in [0.2, 0.25) is 0 Å². The van der Waals surface area contributed by atoms with E-state index in [2.05, 4.69) is 19.1 Å². The summed E-state index contributed by atoms with van der Waals surface area (Å²) < 4.78 is 0. The third-order valence-corrected chi connectivity index (χ3v) is 3.91. The van der Waals surface area contributed by atoms with Crippen LogP contribution >= 0.6 is 23.4 Å². The maximum atomic E-state index is 5.98. The average molecular weight is 250 g/mol. The zero-order valence-electron chi connectivity index (χ0n) is 8.91. The molecule has 82 valence electrons. The second kappa shape index (κ2) is 4.81. The van der Waals surface area contributed by atoms with Gasteiger partial charge in [-0.1, -0.05) is 47.6 Å². The first-order valence-corrected chi connectivity index (χ1v) is 6.15. The molecule has 0 aliphatic carbocycles. The van der Waals surface area contributed by atoms with Crippen LogP contribution in [0, 0.1) is 6.92 Å². The quantitative estimate of drug-likeness (QED) is 0.800. The number of para-hydroxylation sites is 1. The number of nitrogen functional groups attached to an aromatic ring is 1. The largest absolute Gasteiger partial charge is 0.397 e. The second-order valence-electron chi connectivity index (χ2n) is 3.52. The number of rotatable bonds is 2. The fraction of sp³-hybridized carbons (Fsp3) is 0.0769. The Labute approximate surface area is 105 Å². The number of halogens is 1. The minimum Gasteiger partial charge on any atom is -0.397 e. The van der Waals surface area contributed by atoms with Gasteiger partial charge in [0.25, 0.3) is 0 Å². The summed E-state index contributed by atoms with van der Waals surface area (Å²) in [6, 6.07) is 13.9. The minimum atomic E-state index is 0.610. The van der Waals surface area contributed by atoms with Crippen LogP contribution in [-0.4, -0.2) is 0 Å². The number of anilines is 1. The van der Waals surface area contributed by atoms with Gasteiger partial charge in [-0.15, -0.1) is 0 Å². The molecule has 16 heavy (non-hydrogen) atoms. The lowest BCUT2D eigenvalue weighted by Gasteiger charge is -2.08. The highest BCUT2D eigenvalue weighted by atomic mass is 35.5. The van der Waals surface area contributed by atoms with Gasteiger partial charge in [0.15, 0.2) is 0 Å². The van der Waals surface area contributed by atoms with Gasteiger partial charge in [-0.3, -0.25) is 0 Å². The summed E-state index contributed by atoms with van der Waals surface area (Å²) in [6.45, 7) is 2.09. The molecular weight excluding hydrogens is 238 g/mol. The van der Waals surface area contributed by atoms with Gasteiger partial charge in [0.1, 0.15) is 0 Å². The van der Waals surface area contributed by atoms with E-state index in [4.69, 9.17) is 17.3 Å². The molecule has 0 spiro atoms. The van der Waals surface area contributed by atoms with Gasteiger partial charge < -0.3 is 5.73 Å². The molecule has 2 rings (SSSR count). The van der Waals surface area contributed by atoms with Gasteiger partial charge in [0.05, 0.1) is 10.7 Å². The van der Waals surface area contributed by atoms with Crippen molar-refractivity contribution in [1.29, 1.82) is 0 Å². The average Bonchev–Trinajstić information content (AvgIpc) is 2.28. The van der Waals surface area contributed by atoms with E-state index in [0.29, 0.717) is 10.7 Å². The van der Waals surface area contributed by atoms with Crippen molar-refractivity contribution < 1.29 is 0 Å². The van der Waals surface area contributed by atoms with Crippen LogP contribution in [0.1, 0.15) is 5.56 Å². The van der Waals surface area contributed by atoms with Crippen molar-refractivity contribution in [1.82, 2.24) is 0 Å². The van der Waals surface area contributed by atoms with E-state index in [-0.39, 0.29) is 0 Å². The highest BCUT2D eigenvalue weighted by Gasteiger charge is 2.06. The summed E-state index contributed by atoms with van der Waals surface area (Å²) in [6.07, 6.45) is 0. The van der Waals surface area contributed by atoms with Crippen LogP contribution in [0.4, 0.5) is 5.69 Å². The molecule has 0 bridgehead atoms. The van der Waals surface area contributed by atoms with Crippen LogP contribution < -0.4 is 5.73 Å². The zero-order valence-corrected chi connectivity index (χ0v) is 10.5. The van der Waals surface area contributed by atoms with Crippen LogP contribution in [-0.2, 0) is 0 Å². The van der Waals surface area contributed by atoms with E-state index < -0.39 is 0 Å². The molecule has 0 heterocycles. The van der Waals surface area contributed by atoms with Crippen LogP contribution in [0.3, 0.4) is 0 Å². The molecule has 1 nitrogen and oxygen atoms in total. The van der Waals surface area contributed by atoms with E-state index in [1.807, 2.05) is 24.3 Å². The third-order valence-electron chi connectivity index (χ3n) is 2.33. The zero-order chi connectivity index (χ0) is 11.5. The maximum absolute atomic E-state index is 5.98. The number of hydrogen-bond acceptors (Lipinski definition) is 2. The van der Waals surface area contributed by atoms with Crippen molar-refractivity contribution >= 4 is 29.1 Å². The Morgan fingerprint density at radius 3 is 2.44 bits per heavy atom. The first-order chi connectivity index (χ1) is 7.68. The fourth-order valence-electron chi connectivity index (χ4n) is 1.40. The van der Waals surface area contributed by atoms with E-state index in [9.17, 15) is 0 Å². The standard InChI is InChI=1S/C13H12ClNS/c1-9-5-2-3-7-11(9)16-12-8-4-6-10(14)13(12)15/h2-8H,15H2,1H3. The van der Waals surface area contributed by atoms with Gasteiger partial charge in [-0.05, 0) is 30.7 Å². The van der Waals surface area contributed by atoms with Crippen molar-refractivity contribution in [3.8, 4) is 0 Å². The first kappa shape index (κ1) is 11.4. The van der Waals surface area contributed by atoms with Crippen molar-refractivity contribution in [2.75, 3.05) is 5.73 Å². The predicted octanol–water partition coefficient (Wildman–Crippen LogP) is 4.38. The molecule has 2 aromatic carbocycles. The molecule has 2 aromatic rings. The smallest absolute Gasteiger partial charge is 0.0647 e. The normalized spacial score (nSPS) is 10.4. The Bertz CT molecular complexity index is 511. The summed E-state index contributed by atoms with van der Waals surface area (Å²) in [5.41, 5.74) is 7.82. The maximum Gasteiger partial charge on any atom is 0.0647 e. The third kappa shape index (κ3) is 2.34. The molecule has 0 fully saturated rings. The van der Waals surface area contributed by atoms with Crippen LogP contribution in [0.25, 0.3) is 0 Å². The van der Waals surface area contributed by atoms with E-state index in [0.717, 1.165) is 4.90 Å². The van der Waals surface area contributed by atoms with E-state index in [1.165, 1.54) is 10.5 Å². The molecule has 0 saturated heterocycles. The highest BCUT2D eigenvalue weighted by Crippen LogP contribution is 2.36. The molecule has 0 saturated carbocycles. The number of hydrogen-bond donors (Lipinski definition) is 1. The van der Waals surface area contributed by atoms with Crippen LogP contribution in [0.15, 0.2) is 52.3 Å². The minimum absolute atomic E-state index is 0.610. The number of aryl methyl sites for hydroxylation is 1. The lowest BCUT2D eigenvalue weighted by molar-refractivity contribution is 1.29. The Kier molecular flexibility index (Phi) is 3.42.